The van der Waals surface area contributed by atoms with Crippen molar-refractivity contribution in [2.45, 2.75) is 71.6 Å². The highest BCUT2D eigenvalue weighted by molar-refractivity contribution is 5.75. The van der Waals surface area contributed by atoms with Gasteiger partial charge in [-0.1, -0.05) is 13.8 Å². The maximum Gasteiger partial charge on any atom is 0.407 e. The predicted molar refractivity (Wildman–Crippen MR) is 101 cm³/mol. The van der Waals surface area contributed by atoms with E-state index in [4.69, 9.17) is 4.74 Å². The highest BCUT2D eigenvalue weighted by atomic mass is 16.6. The third-order valence-electron chi connectivity index (χ3n) is 4.14. The van der Waals surface area contributed by atoms with Crippen LogP contribution in [0.2, 0.25) is 0 Å². The number of alkyl carbamates (subject to hydrolysis) is 1. The lowest BCUT2D eigenvalue weighted by Crippen LogP contribution is -2.57. The van der Waals surface area contributed by atoms with Crippen molar-refractivity contribution in [1.82, 2.24) is 25.5 Å². The average Bonchev–Trinajstić information content (AvgIpc) is 3.07. The van der Waals surface area contributed by atoms with Gasteiger partial charge in [0.25, 0.3) is 0 Å². The van der Waals surface area contributed by atoms with E-state index in [1.165, 1.54) is 0 Å². The first-order valence-electron chi connectivity index (χ1n) is 9.18. The van der Waals surface area contributed by atoms with Gasteiger partial charge in [0, 0.05) is 32.0 Å². The van der Waals surface area contributed by atoms with Gasteiger partial charge in [-0.25, -0.2) is 14.6 Å². The molecule has 0 saturated carbocycles. The maximum atomic E-state index is 12.2. The molecule has 0 fully saturated rings. The molecular formula is C18H33N5O3. The molecule has 3 amide bonds. The first-order valence-corrected chi connectivity index (χ1v) is 9.18. The summed E-state index contributed by atoms with van der Waals surface area (Å²) in [6.45, 7) is 11.1. The van der Waals surface area contributed by atoms with Crippen molar-refractivity contribution in [3.05, 3.63) is 18.7 Å². The van der Waals surface area contributed by atoms with Crippen LogP contribution in [0.15, 0.2) is 18.7 Å². The quantitative estimate of drug-likeness (QED) is 0.585. The van der Waals surface area contributed by atoms with Crippen molar-refractivity contribution in [2.75, 3.05) is 13.1 Å². The van der Waals surface area contributed by atoms with Crippen molar-refractivity contribution in [1.29, 1.82) is 0 Å². The van der Waals surface area contributed by atoms with Gasteiger partial charge in [0.05, 0.1) is 11.9 Å². The minimum absolute atomic E-state index is 0.231. The molecule has 148 valence electrons. The lowest BCUT2D eigenvalue weighted by molar-refractivity contribution is 0.0508. The average molecular weight is 367 g/mol. The number of rotatable bonds is 9. The maximum absolute atomic E-state index is 12.2. The molecule has 0 bridgehead atoms. The fourth-order valence-corrected chi connectivity index (χ4v) is 2.44. The molecule has 0 radical (unpaired) electrons. The van der Waals surface area contributed by atoms with Crippen LogP contribution in [0.25, 0.3) is 0 Å². The molecule has 3 N–H and O–H groups in total. The standard InChI is InChI=1S/C18H33N5O3/c1-6-18(7-2,13-21-16(25)26-17(3,4)5)22-15(24)20-9-8-11-23-12-10-19-14-23/h10,12,14H,6-9,11,13H2,1-5H3,(H,21,25)(H2,20,22,24). The van der Waals surface area contributed by atoms with Gasteiger partial charge in [-0.05, 0) is 40.0 Å². The van der Waals surface area contributed by atoms with Crippen LogP contribution in [0.3, 0.4) is 0 Å². The molecule has 8 heteroatoms. The minimum atomic E-state index is -0.550. The first-order chi connectivity index (χ1) is 12.2. The third-order valence-corrected chi connectivity index (χ3v) is 4.14. The second kappa shape index (κ2) is 10.0. The van der Waals surface area contributed by atoms with Gasteiger partial charge in [-0.3, -0.25) is 0 Å². The summed E-state index contributed by atoms with van der Waals surface area (Å²) in [5, 5.41) is 8.63. The van der Waals surface area contributed by atoms with Crippen LogP contribution < -0.4 is 16.0 Å². The summed E-state index contributed by atoms with van der Waals surface area (Å²) in [5.74, 6) is 0. The molecule has 1 aromatic rings. The molecule has 0 unspecified atom stereocenters. The molecule has 0 aliphatic rings. The van der Waals surface area contributed by atoms with E-state index in [0.29, 0.717) is 25.9 Å². The number of urea groups is 1. The van der Waals surface area contributed by atoms with E-state index in [2.05, 4.69) is 20.9 Å². The molecule has 26 heavy (non-hydrogen) atoms. The molecule has 8 nitrogen and oxygen atoms in total. The number of hydrogen-bond donors (Lipinski definition) is 3. The van der Waals surface area contributed by atoms with E-state index in [-0.39, 0.29) is 6.03 Å². The Morgan fingerprint density at radius 1 is 1.15 bits per heavy atom. The van der Waals surface area contributed by atoms with Gasteiger partial charge in [0.2, 0.25) is 0 Å². The highest BCUT2D eigenvalue weighted by Gasteiger charge is 2.29. The molecule has 1 aromatic heterocycles. The number of carbonyl (C=O) groups excluding carboxylic acids is 2. The van der Waals surface area contributed by atoms with Crippen LogP contribution >= 0.6 is 0 Å². The van der Waals surface area contributed by atoms with Gasteiger partial charge < -0.3 is 25.3 Å². The molecule has 0 spiro atoms. The van der Waals surface area contributed by atoms with Crippen LogP contribution in [0, 0.1) is 0 Å². The number of carbonyl (C=O) groups is 2. The number of nitrogens with zero attached hydrogens (tertiary/aromatic N) is 2. The van der Waals surface area contributed by atoms with Crippen LogP contribution in [0.4, 0.5) is 9.59 Å². The number of nitrogens with one attached hydrogen (secondary N) is 3. The minimum Gasteiger partial charge on any atom is -0.444 e. The lowest BCUT2D eigenvalue weighted by atomic mass is 9.93. The Morgan fingerprint density at radius 3 is 2.38 bits per heavy atom. The predicted octanol–water partition coefficient (Wildman–Crippen LogP) is 2.66. The van der Waals surface area contributed by atoms with Crippen molar-refractivity contribution in [3.63, 3.8) is 0 Å². The molecule has 1 rings (SSSR count). The molecule has 0 atom stereocenters. The van der Waals surface area contributed by atoms with Crippen LogP contribution in [0.1, 0.15) is 53.9 Å². The topological polar surface area (TPSA) is 97.3 Å². The Labute approximate surface area is 156 Å². The monoisotopic (exact) mass is 367 g/mol. The summed E-state index contributed by atoms with van der Waals surface area (Å²) in [7, 11) is 0. The zero-order valence-corrected chi connectivity index (χ0v) is 16.6. The summed E-state index contributed by atoms with van der Waals surface area (Å²) in [6, 6.07) is -0.231. The summed E-state index contributed by atoms with van der Waals surface area (Å²) in [6.07, 6.45) is 7.10. The van der Waals surface area contributed by atoms with E-state index in [0.717, 1.165) is 13.0 Å². The number of ether oxygens (including phenoxy) is 1. The Balaban J connectivity index is 2.41. The van der Waals surface area contributed by atoms with Crippen molar-refractivity contribution in [2.24, 2.45) is 0 Å². The number of aryl methyl sites for hydroxylation is 1. The zero-order chi connectivity index (χ0) is 19.6. The Bertz CT molecular complexity index is 548. The number of amides is 3. The Kier molecular flexibility index (Phi) is 8.41. The second-order valence-electron chi connectivity index (χ2n) is 7.38. The van der Waals surface area contributed by atoms with E-state index < -0.39 is 17.2 Å². The van der Waals surface area contributed by atoms with Crippen LogP contribution in [0.5, 0.6) is 0 Å². The smallest absolute Gasteiger partial charge is 0.407 e. The van der Waals surface area contributed by atoms with E-state index >= 15 is 0 Å². The van der Waals surface area contributed by atoms with Crippen molar-refractivity contribution in [3.8, 4) is 0 Å². The van der Waals surface area contributed by atoms with Gasteiger partial charge >= 0.3 is 12.1 Å². The second-order valence-corrected chi connectivity index (χ2v) is 7.38. The van der Waals surface area contributed by atoms with Crippen molar-refractivity contribution >= 4 is 12.1 Å². The number of hydrogen-bond acceptors (Lipinski definition) is 4. The van der Waals surface area contributed by atoms with Crippen LogP contribution in [-0.2, 0) is 11.3 Å². The summed E-state index contributed by atoms with van der Waals surface area (Å²) >= 11 is 0. The van der Waals surface area contributed by atoms with E-state index in [1.54, 1.807) is 12.5 Å². The van der Waals surface area contributed by atoms with E-state index in [1.807, 2.05) is 45.4 Å². The first kappa shape index (κ1) is 21.8. The molecular weight excluding hydrogens is 334 g/mol. The largest absolute Gasteiger partial charge is 0.444 e. The highest BCUT2D eigenvalue weighted by Crippen LogP contribution is 2.14. The van der Waals surface area contributed by atoms with Gasteiger partial charge in [-0.15, -0.1) is 0 Å². The SMILES string of the molecule is CCC(CC)(CNC(=O)OC(C)(C)C)NC(=O)NCCCn1ccnc1. The molecule has 0 aromatic carbocycles. The summed E-state index contributed by atoms with van der Waals surface area (Å²) in [5.41, 5.74) is -1.06. The molecule has 0 aliphatic heterocycles. The van der Waals surface area contributed by atoms with Crippen molar-refractivity contribution < 1.29 is 14.3 Å². The molecule has 0 saturated heterocycles. The van der Waals surface area contributed by atoms with E-state index in [9.17, 15) is 9.59 Å². The lowest BCUT2D eigenvalue weighted by Gasteiger charge is -2.33. The fraction of sp³-hybridized carbons (Fsp3) is 0.722. The van der Waals surface area contributed by atoms with Gasteiger partial charge in [-0.2, -0.15) is 0 Å². The molecule has 0 aliphatic carbocycles. The zero-order valence-electron chi connectivity index (χ0n) is 16.6. The Hall–Kier alpha value is -2.25. The molecule has 1 heterocycles. The summed E-state index contributed by atoms with van der Waals surface area (Å²) < 4.78 is 7.22. The Morgan fingerprint density at radius 2 is 1.85 bits per heavy atom. The van der Waals surface area contributed by atoms with Gasteiger partial charge in [0.15, 0.2) is 0 Å². The van der Waals surface area contributed by atoms with Gasteiger partial charge in [0.1, 0.15) is 5.60 Å². The normalized spacial score (nSPS) is 11.7. The number of aromatic nitrogens is 2. The van der Waals surface area contributed by atoms with Crippen LogP contribution in [-0.4, -0.2) is 45.9 Å². The summed E-state index contributed by atoms with van der Waals surface area (Å²) in [4.78, 5) is 28.1. The fourth-order valence-electron chi connectivity index (χ4n) is 2.44. The number of imidazole rings is 1. The third kappa shape index (κ3) is 8.22.